The van der Waals surface area contributed by atoms with E-state index in [4.69, 9.17) is 0 Å². The molecule has 1 unspecified atom stereocenters. The van der Waals surface area contributed by atoms with Crippen LogP contribution in [0.5, 0.6) is 0 Å². The molecule has 0 bridgehead atoms. The van der Waals surface area contributed by atoms with E-state index in [0.717, 1.165) is 0 Å². The van der Waals surface area contributed by atoms with Crippen LogP contribution in [-0.2, 0) is 16.0 Å². The molecule has 35 valence electrons. The zero-order valence-electron chi connectivity index (χ0n) is 3.43. The molecule has 0 aromatic carbocycles. The van der Waals surface area contributed by atoms with Crippen molar-refractivity contribution in [2.75, 3.05) is 12.0 Å². The van der Waals surface area contributed by atoms with E-state index in [2.05, 4.69) is 0 Å². The topological polar surface area (TPSA) is 40.1 Å². The fourth-order valence-electron chi connectivity index (χ4n) is 0.0830. The van der Waals surface area contributed by atoms with Gasteiger partial charge in [0.05, 0.1) is 6.26 Å². The van der Waals surface area contributed by atoms with Crippen molar-refractivity contribution in [3.05, 3.63) is 0 Å². The number of rotatable bonds is 2. The van der Waals surface area contributed by atoms with Crippen LogP contribution < -0.4 is 0 Å². The fraction of sp³-hybridized carbons (Fsp3) is 0.667. The quantitative estimate of drug-likeness (QED) is 0.443. The molecule has 0 aromatic heterocycles. The molecule has 0 spiro atoms. The van der Waals surface area contributed by atoms with Gasteiger partial charge in [0.1, 0.15) is 0 Å². The van der Waals surface area contributed by atoms with Gasteiger partial charge in [-0.3, -0.25) is 4.79 Å². The molecule has 0 rings (SSSR count). The first-order chi connectivity index (χ1) is 2.77. The van der Waals surface area contributed by atoms with E-state index in [0.29, 0.717) is 0 Å². The van der Waals surface area contributed by atoms with Gasteiger partial charge < -0.3 is 4.55 Å². The van der Waals surface area contributed by atoms with Gasteiger partial charge in [0.25, 0.3) is 6.29 Å². The summed E-state index contributed by atoms with van der Waals surface area (Å²) in [6.07, 6.45) is 2.98. The van der Waals surface area contributed by atoms with Crippen molar-refractivity contribution in [2.24, 2.45) is 0 Å². The minimum atomic E-state index is -0.989. The SMILES string of the molecule is C[S+]([O-])C[C]=O. The van der Waals surface area contributed by atoms with Gasteiger partial charge in [0, 0.05) is 0 Å². The maximum Gasteiger partial charge on any atom is 0.252 e. The van der Waals surface area contributed by atoms with Gasteiger partial charge in [-0.2, -0.15) is 0 Å². The smallest absolute Gasteiger partial charge is 0.252 e. The highest BCUT2D eigenvalue weighted by molar-refractivity contribution is 7.91. The second-order valence-corrected chi connectivity index (χ2v) is 2.30. The molecule has 0 saturated carbocycles. The summed E-state index contributed by atoms with van der Waals surface area (Å²) in [5.41, 5.74) is 0. The van der Waals surface area contributed by atoms with E-state index in [9.17, 15) is 9.35 Å². The zero-order valence-corrected chi connectivity index (χ0v) is 4.25. The van der Waals surface area contributed by atoms with Crippen LogP contribution >= 0.6 is 0 Å². The van der Waals surface area contributed by atoms with Crippen molar-refractivity contribution in [2.45, 2.75) is 0 Å². The van der Waals surface area contributed by atoms with E-state index in [1.807, 2.05) is 0 Å². The molecule has 0 aliphatic carbocycles. The van der Waals surface area contributed by atoms with Crippen LogP contribution in [0.1, 0.15) is 0 Å². The summed E-state index contributed by atoms with van der Waals surface area (Å²) in [5.74, 6) is 0.0417. The molecule has 0 N–H and O–H groups in total. The van der Waals surface area contributed by atoms with Crippen molar-refractivity contribution in [1.29, 1.82) is 0 Å². The monoisotopic (exact) mass is 105 g/mol. The second-order valence-electron chi connectivity index (χ2n) is 0.862. The van der Waals surface area contributed by atoms with Crippen molar-refractivity contribution >= 4 is 17.5 Å². The zero-order chi connectivity index (χ0) is 4.99. The lowest BCUT2D eigenvalue weighted by atomic mass is 10.9. The molecular weight excluding hydrogens is 100 g/mol. The minimum absolute atomic E-state index is 0.0417. The molecule has 6 heavy (non-hydrogen) atoms. The Hall–Kier alpha value is -0.0200. The molecular formula is C3H5O2S. The van der Waals surface area contributed by atoms with E-state index in [1.54, 1.807) is 0 Å². The van der Waals surface area contributed by atoms with Crippen LogP contribution in [0.4, 0.5) is 0 Å². The summed E-state index contributed by atoms with van der Waals surface area (Å²) in [6, 6.07) is 0. The van der Waals surface area contributed by atoms with Crippen LogP contribution in [0.3, 0.4) is 0 Å². The Balaban J connectivity index is 2.81. The highest BCUT2D eigenvalue weighted by atomic mass is 32.2. The summed E-state index contributed by atoms with van der Waals surface area (Å²) in [7, 11) is 0. The van der Waals surface area contributed by atoms with E-state index < -0.39 is 11.2 Å². The summed E-state index contributed by atoms with van der Waals surface area (Å²) >= 11 is -0.989. The molecule has 1 radical (unpaired) electrons. The van der Waals surface area contributed by atoms with Gasteiger partial charge in [-0.1, -0.05) is 0 Å². The summed E-state index contributed by atoms with van der Waals surface area (Å²) in [6.45, 7) is 0. The summed E-state index contributed by atoms with van der Waals surface area (Å²) in [4.78, 5) is 9.30. The molecule has 0 saturated heterocycles. The molecule has 3 heteroatoms. The number of hydrogen-bond acceptors (Lipinski definition) is 2. The Kier molecular flexibility index (Phi) is 3.17. The Labute approximate surface area is 39.7 Å². The van der Waals surface area contributed by atoms with Crippen molar-refractivity contribution in [3.63, 3.8) is 0 Å². The average Bonchev–Trinajstić information content (AvgIpc) is 1.35. The lowest BCUT2D eigenvalue weighted by molar-refractivity contribution is 0.557. The third-order valence-corrected chi connectivity index (χ3v) is 0.787. The minimum Gasteiger partial charge on any atom is -0.616 e. The first-order valence-corrected chi connectivity index (χ1v) is 3.15. The molecule has 0 heterocycles. The van der Waals surface area contributed by atoms with Crippen molar-refractivity contribution < 1.29 is 9.35 Å². The highest BCUT2D eigenvalue weighted by Gasteiger charge is 1.89. The van der Waals surface area contributed by atoms with Gasteiger partial charge in [0.15, 0.2) is 5.75 Å². The number of carbonyl (C=O) groups excluding carboxylic acids is 1. The van der Waals surface area contributed by atoms with E-state index in [1.165, 1.54) is 12.5 Å². The Morgan fingerprint density at radius 3 is 2.50 bits per heavy atom. The second kappa shape index (κ2) is 3.18. The molecule has 0 fully saturated rings. The van der Waals surface area contributed by atoms with Crippen LogP contribution in [0.15, 0.2) is 0 Å². The Bertz CT molecular complexity index is 44.1. The molecule has 2 nitrogen and oxygen atoms in total. The van der Waals surface area contributed by atoms with Gasteiger partial charge in [0.2, 0.25) is 0 Å². The lowest BCUT2D eigenvalue weighted by Crippen LogP contribution is -2.02. The Morgan fingerprint density at radius 2 is 2.50 bits per heavy atom. The first-order valence-electron chi connectivity index (χ1n) is 1.42. The van der Waals surface area contributed by atoms with E-state index >= 15 is 0 Å². The molecule has 0 aliphatic rings. The van der Waals surface area contributed by atoms with Gasteiger partial charge in [-0.25, -0.2) is 0 Å². The normalized spacial score (nSPS) is 13.7. The molecule has 0 amide bonds. The average molecular weight is 105 g/mol. The maximum absolute atomic E-state index is 9.89. The standard InChI is InChI=1S/C3H5O2S/c1-6(5)3-2-4/h3H2,1H3. The van der Waals surface area contributed by atoms with Crippen LogP contribution in [0.25, 0.3) is 0 Å². The lowest BCUT2D eigenvalue weighted by Gasteiger charge is -1.93. The maximum atomic E-state index is 9.89. The van der Waals surface area contributed by atoms with Crippen molar-refractivity contribution in [1.82, 2.24) is 0 Å². The largest absolute Gasteiger partial charge is 0.616 e. The molecule has 1 atom stereocenters. The fourth-order valence-corrected chi connectivity index (χ4v) is 0.249. The van der Waals surface area contributed by atoms with Gasteiger partial charge in [-0.15, -0.1) is 0 Å². The van der Waals surface area contributed by atoms with Crippen LogP contribution in [0.2, 0.25) is 0 Å². The van der Waals surface area contributed by atoms with Crippen LogP contribution in [-0.4, -0.2) is 22.8 Å². The summed E-state index contributed by atoms with van der Waals surface area (Å²) < 4.78 is 9.89. The predicted octanol–water partition coefficient (Wildman–Crippen LogP) is -0.525. The van der Waals surface area contributed by atoms with Gasteiger partial charge >= 0.3 is 0 Å². The third-order valence-electron chi connectivity index (χ3n) is 0.262. The first kappa shape index (κ1) is 5.98. The highest BCUT2D eigenvalue weighted by Crippen LogP contribution is 1.73. The number of hydrogen-bond donors (Lipinski definition) is 0. The van der Waals surface area contributed by atoms with Crippen molar-refractivity contribution in [3.8, 4) is 0 Å². The van der Waals surface area contributed by atoms with Crippen LogP contribution in [0, 0.1) is 0 Å². The van der Waals surface area contributed by atoms with E-state index in [-0.39, 0.29) is 5.75 Å². The molecule has 0 aliphatic heterocycles. The summed E-state index contributed by atoms with van der Waals surface area (Å²) in [5, 5.41) is 0. The third kappa shape index (κ3) is 3.98. The Morgan fingerprint density at radius 1 is 2.00 bits per heavy atom. The predicted molar refractivity (Wildman–Crippen MR) is 24.6 cm³/mol. The molecule has 0 aromatic rings. The van der Waals surface area contributed by atoms with Gasteiger partial charge in [-0.05, 0) is 11.2 Å².